The van der Waals surface area contributed by atoms with Gasteiger partial charge in [-0.25, -0.2) is 0 Å². The Balaban J connectivity index is 0.00000484. The maximum absolute atomic E-state index is 12.0. The quantitative estimate of drug-likeness (QED) is 0.672. The van der Waals surface area contributed by atoms with Gasteiger partial charge in [-0.15, -0.1) is 12.4 Å². The highest BCUT2D eigenvalue weighted by Gasteiger charge is 2.19. The molecule has 7 heteroatoms. The SMILES string of the molecule is CCC(C)C(N)C(=O)Nc1ccc(OCCC(=O)NC)cc1.Cl. The van der Waals surface area contributed by atoms with E-state index in [9.17, 15) is 9.59 Å². The zero-order valence-corrected chi connectivity index (χ0v) is 14.6. The molecule has 1 aromatic carbocycles. The van der Waals surface area contributed by atoms with Gasteiger partial charge in [-0.05, 0) is 30.2 Å². The summed E-state index contributed by atoms with van der Waals surface area (Å²) in [5.74, 6) is 0.519. The minimum absolute atomic E-state index is 0. The summed E-state index contributed by atoms with van der Waals surface area (Å²) in [5.41, 5.74) is 6.55. The van der Waals surface area contributed by atoms with Crippen molar-refractivity contribution in [2.45, 2.75) is 32.7 Å². The van der Waals surface area contributed by atoms with Crippen LogP contribution in [0.25, 0.3) is 0 Å². The van der Waals surface area contributed by atoms with E-state index in [-0.39, 0.29) is 30.1 Å². The van der Waals surface area contributed by atoms with Crippen LogP contribution in [0.15, 0.2) is 24.3 Å². The van der Waals surface area contributed by atoms with Gasteiger partial charge >= 0.3 is 0 Å². The zero-order chi connectivity index (χ0) is 16.5. The molecule has 130 valence electrons. The maximum atomic E-state index is 12.0. The molecule has 0 heterocycles. The number of nitrogens with two attached hydrogens (primary N) is 1. The largest absolute Gasteiger partial charge is 0.493 e. The fourth-order valence-electron chi connectivity index (χ4n) is 1.76. The summed E-state index contributed by atoms with van der Waals surface area (Å²) in [7, 11) is 1.59. The van der Waals surface area contributed by atoms with Crippen LogP contribution in [0.4, 0.5) is 5.69 Å². The Bertz CT molecular complexity index is 494. The number of halogens is 1. The molecule has 0 fully saturated rings. The first kappa shape index (κ1) is 21.2. The summed E-state index contributed by atoms with van der Waals surface area (Å²) in [4.78, 5) is 23.0. The third kappa shape index (κ3) is 7.34. The highest BCUT2D eigenvalue weighted by atomic mass is 35.5. The second kappa shape index (κ2) is 10.9. The van der Waals surface area contributed by atoms with E-state index in [1.807, 2.05) is 13.8 Å². The van der Waals surface area contributed by atoms with Crippen LogP contribution in [0.1, 0.15) is 26.7 Å². The van der Waals surface area contributed by atoms with Gasteiger partial charge in [0, 0.05) is 12.7 Å². The van der Waals surface area contributed by atoms with Crippen molar-refractivity contribution in [3.05, 3.63) is 24.3 Å². The van der Waals surface area contributed by atoms with E-state index in [0.29, 0.717) is 24.5 Å². The average Bonchev–Trinajstić information content (AvgIpc) is 2.54. The van der Waals surface area contributed by atoms with E-state index in [0.717, 1.165) is 6.42 Å². The van der Waals surface area contributed by atoms with E-state index >= 15 is 0 Å². The number of benzene rings is 1. The molecule has 2 amide bonds. The lowest BCUT2D eigenvalue weighted by atomic mass is 9.99. The van der Waals surface area contributed by atoms with Gasteiger partial charge in [0.05, 0.1) is 19.1 Å². The van der Waals surface area contributed by atoms with Crippen molar-refractivity contribution in [3.8, 4) is 5.75 Å². The minimum atomic E-state index is -0.520. The van der Waals surface area contributed by atoms with Crippen LogP contribution in [0.2, 0.25) is 0 Å². The van der Waals surface area contributed by atoms with Crippen molar-refractivity contribution in [2.75, 3.05) is 19.0 Å². The van der Waals surface area contributed by atoms with Crippen molar-refractivity contribution in [2.24, 2.45) is 11.7 Å². The summed E-state index contributed by atoms with van der Waals surface area (Å²) in [5, 5.41) is 5.31. The van der Waals surface area contributed by atoms with Gasteiger partial charge in [-0.3, -0.25) is 9.59 Å². The van der Waals surface area contributed by atoms with Crippen LogP contribution < -0.4 is 21.1 Å². The smallest absolute Gasteiger partial charge is 0.241 e. The topological polar surface area (TPSA) is 93.5 Å². The number of nitrogens with one attached hydrogen (secondary N) is 2. The third-order valence-corrected chi connectivity index (χ3v) is 3.56. The molecule has 0 radical (unpaired) electrons. The lowest BCUT2D eigenvalue weighted by molar-refractivity contribution is -0.121. The maximum Gasteiger partial charge on any atom is 0.241 e. The van der Waals surface area contributed by atoms with Crippen molar-refractivity contribution in [1.82, 2.24) is 5.32 Å². The Kier molecular flexibility index (Phi) is 10.0. The molecule has 0 aliphatic carbocycles. The van der Waals surface area contributed by atoms with E-state index in [2.05, 4.69) is 10.6 Å². The van der Waals surface area contributed by atoms with Gasteiger partial charge in [-0.2, -0.15) is 0 Å². The van der Waals surface area contributed by atoms with Crippen LogP contribution in [0.3, 0.4) is 0 Å². The second-order valence-electron chi connectivity index (χ2n) is 5.20. The van der Waals surface area contributed by atoms with Crippen molar-refractivity contribution >= 4 is 29.9 Å². The van der Waals surface area contributed by atoms with Gasteiger partial charge in [0.15, 0.2) is 0 Å². The molecule has 0 aliphatic rings. The molecule has 0 aromatic heterocycles. The van der Waals surface area contributed by atoms with Crippen LogP contribution in [-0.4, -0.2) is 31.5 Å². The molecular formula is C16H26ClN3O3. The van der Waals surface area contributed by atoms with Crippen LogP contribution in [-0.2, 0) is 9.59 Å². The molecule has 23 heavy (non-hydrogen) atoms. The van der Waals surface area contributed by atoms with Crippen molar-refractivity contribution in [1.29, 1.82) is 0 Å². The van der Waals surface area contributed by atoms with E-state index in [4.69, 9.17) is 10.5 Å². The number of hydrogen-bond acceptors (Lipinski definition) is 4. The molecule has 0 aliphatic heterocycles. The van der Waals surface area contributed by atoms with Gasteiger partial charge in [-0.1, -0.05) is 20.3 Å². The van der Waals surface area contributed by atoms with Crippen LogP contribution in [0.5, 0.6) is 5.75 Å². The summed E-state index contributed by atoms with van der Waals surface area (Å²) in [6, 6.07) is 6.46. The van der Waals surface area contributed by atoms with Crippen molar-refractivity contribution in [3.63, 3.8) is 0 Å². The highest BCUT2D eigenvalue weighted by molar-refractivity contribution is 5.94. The molecule has 0 spiro atoms. The Morgan fingerprint density at radius 3 is 2.39 bits per heavy atom. The van der Waals surface area contributed by atoms with Crippen LogP contribution >= 0.6 is 12.4 Å². The van der Waals surface area contributed by atoms with E-state index in [1.165, 1.54) is 0 Å². The molecule has 2 unspecified atom stereocenters. The van der Waals surface area contributed by atoms with E-state index in [1.54, 1.807) is 31.3 Å². The average molecular weight is 344 g/mol. The Labute approximate surface area is 143 Å². The molecule has 0 saturated heterocycles. The Morgan fingerprint density at radius 2 is 1.87 bits per heavy atom. The normalized spacial score (nSPS) is 12.5. The Morgan fingerprint density at radius 1 is 1.26 bits per heavy atom. The summed E-state index contributed by atoms with van der Waals surface area (Å²) in [6.07, 6.45) is 1.16. The number of amides is 2. The first-order chi connectivity index (χ1) is 10.5. The molecule has 0 saturated carbocycles. The van der Waals surface area contributed by atoms with Crippen molar-refractivity contribution < 1.29 is 14.3 Å². The number of ether oxygens (including phenoxy) is 1. The predicted molar refractivity (Wildman–Crippen MR) is 93.9 cm³/mol. The summed E-state index contributed by atoms with van der Waals surface area (Å²) in [6.45, 7) is 4.26. The van der Waals surface area contributed by atoms with Gasteiger partial charge in [0.2, 0.25) is 11.8 Å². The molecule has 1 aromatic rings. The Hall–Kier alpha value is -1.79. The minimum Gasteiger partial charge on any atom is -0.493 e. The molecule has 0 bridgehead atoms. The highest BCUT2D eigenvalue weighted by Crippen LogP contribution is 2.17. The molecule has 4 N–H and O–H groups in total. The number of anilines is 1. The predicted octanol–water partition coefficient (Wildman–Crippen LogP) is 1.94. The molecule has 6 nitrogen and oxygen atoms in total. The molecule has 2 atom stereocenters. The molecular weight excluding hydrogens is 318 g/mol. The van der Waals surface area contributed by atoms with E-state index < -0.39 is 6.04 Å². The standard InChI is InChI=1S/C16H25N3O3.ClH/c1-4-11(2)15(17)16(21)19-12-5-7-13(8-6-12)22-10-9-14(20)18-3;/h5-8,11,15H,4,9-10,17H2,1-3H3,(H,18,20)(H,19,21);1H. The van der Waals surface area contributed by atoms with Gasteiger partial charge < -0.3 is 21.1 Å². The number of carbonyl (C=O) groups is 2. The fourth-order valence-corrected chi connectivity index (χ4v) is 1.76. The lowest BCUT2D eigenvalue weighted by Gasteiger charge is -2.17. The number of hydrogen-bond donors (Lipinski definition) is 3. The summed E-state index contributed by atoms with van der Waals surface area (Å²) >= 11 is 0. The lowest BCUT2D eigenvalue weighted by Crippen LogP contribution is -2.40. The fraction of sp³-hybridized carbons (Fsp3) is 0.500. The second-order valence-corrected chi connectivity index (χ2v) is 5.20. The molecule has 1 rings (SSSR count). The van der Waals surface area contributed by atoms with Crippen LogP contribution in [0, 0.1) is 5.92 Å². The van der Waals surface area contributed by atoms with Gasteiger partial charge in [0.1, 0.15) is 5.75 Å². The third-order valence-electron chi connectivity index (χ3n) is 3.56. The first-order valence-corrected chi connectivity index (χ1v) is 7.47. The van der Waals surface area contributed by atoms with Gasteiger partial charge in [0.25, 0.3) is 0 Å². The first-order valence-electron chi connectivity index (χ1n) is 7.47. The monoisotopic (exact) mass is 343 g/mol. The zero-order valence-electron chi connectivity index (χ0n) is 13.8. The number of carbonyl (C=O) groups excluding carboxylic acids is 2. The number of rotatable bonds is 8. The summed E-state index contributed by atoms with van der Waals surface area (Å²) < 4.78 is 5.44.